The van der Waals surface area contributed by atoms with Crippen molar-refractivity contribution in [3.63, 3.8) is 0 Å². The van der Waals surface area contributed by atoms with Crippen molar-refractivity contribution in [1.29, 1.82) is 0 Å². The first-order valence-electron chi connectivity index (χ1n) is 9.96. The number of para-hydroxylation sites is 1. The van der Waals surface area contributed by atoms with E-state index in [0.717, 1.165) is 51.4 Å². The lowest BCUT2D eigenvalue weighted by molar-refractivity contribution is -0.139. The molecule has 164 valence electrons. The third-order valence-electron chi connectivity index (χ3n) is 5.40. The molecule has 1 amide bonds. The second-order valence-electron chi connectivity index (χ2n) is 7.55. The molecule has 0 saturated carbocycles. The van der Waals surface area contributed by atoms with Crippen LogP contribution in [0.2, 0.25) is 0 Å². The van der Waals surface area contributed by atoms with E-state index < -0.39 is 11.7 Å². The number of amides is 1. The molecule has 1 aromatic carbocycles. The first kappa shape index (κ1) is 23.8. The number of rotatable bonds is 7. The van der Waals surface area contributed by atoms with Crippen molar-refractivity contribution in [2.45, 2.75) is 37.9 Å². The maximum Gasteiger partial charge on any atom is 0.419 e. The van der Waals surface area contributed by atoms with Gasteiger partial charge in [0.25, 0.3) is 0 Å². The highest BCUT2D eigenvalue weighted by Gasteiger charge is 2.34. The van der Waals surface area contributed by atoms with Crippen molar-refractivity contribution in [1.82, 2.24) is 15.5 Å². The number of carbonyl (C=O) groups excluding carboxylic acids is 1. The summed E-state index contributed by atoms with van der Waals surface area (Å²) in [5.41, 5.74) is -0.741. The molecule has 29 heavy (non-hydrogen) atoms. The molecule has 2 unspecified atom stereocenters. The van der Waals surface area contributed by atoms with Gasteiger partial charge in [0.2, 0.25) is 5.91 Å². The van der Waals surface area contributed by atoms with Crippen LogP contribution in [0.5, 0.6) is 5.75 Å². The Morgan fingerprint density at radius 3 is 2.76 bits per heavy atom. The first-order valence-corrected chi connectivity index (χ1v) is 9.96. The average molecular weight is 436 g/mol. The minimum absolute atomic E-state index is 0. The van der Waals surface area contributed by atoms with E-state index >= 15 is 0 Å². The fourth-order valence-electron chi connectivity index (χ4n) is 3.91. The molecular weight excluding hydrogens is 407 g/mol. The summed E-state index contributed by atoms with van der Waals surface area (Å²) in [7, 11) is 0. The van der Waals surface area contributed by atoms with Gasteiger partial charge in [0.05, 0.1) is 11.6 Å². The number of ether oxygens (including phenoxy) is 1. The van der Waals surface area contributed by atoms with Crippen LogP contribution in [0.15, 0.2) is 24.3 Å². The monoisotopic (exact) mass is 435 g/mol. The second-order valence-corrected chi connectivity index (χ2v) is 7.55. The normalized spacial score (nSPS) is 22.7. The highest BCUT2D eigenvalue weighted by Crippen LogP contribution is 2.35. The topological polar surface area (TPSA) is 53.6 Å². The largest absolute Gasteiger partial charge is 0.492 e. The van der Waals surface area contributed by atoms with Gasteiger partial charge in [0, 0.05) is 19.6 Å². The molecule has 2 heterocycles. The smallest absolute Gasteiger partial charge is 0.419 e. The Morgan fingerprint density at radius 1 is 1.24 bits per heavy atom. The highest BCUT2D eigenvalue weighted by molar-refractivity contribution is 5.85. The summed E-state index contributed by atoms with van der Waals surface area (Å²) in [5, 5.41) is 6.23. The predicted molar refractivity (Wildman–Crippen MR) is 107 cm³/mol. The Bertz CT molecular complexity index is 654. The Kier molecular flexibility index (Phi) is 9.04. The van der Waals surface area contributed by atoms with E-state index in [9.17, 15) is 18.0 Å². The third kappa shape index (κ3) is 7.04. The lowest BCUT2D eigenvalue weighted by Gasteiger charge is -2.33. The molecule has 0 radical (unpaired) electrons. The molecule has 2 aliphatic heterocycles. The zero-order valence-electron chi connectivity index (χ0n) is 16.3. The molecule has 0 bridgehead atoms. The number of nitrogens with one attached hydrogen (secondary N) is 2. The van der Waals surface area contributed by atoms with Crippen molar-refractivity contribution < 1.29 is 22.7 Å². The molecule has 1 aromatic rings. The number of carbonyl (C=O) groups is 1. The maximum atomic E-state index is 13.0. The number of benzene rings is 1. The summed E-state index contributed by atoms with van der Waals surface area (Å²) < 4.78 is 44.5. The number of piperidine rings is 1. The van der Waals surface area contributed by atoms with Crippen molar-refractivity contribution in [2.24, 2.45) is 5.92 Å². The van der Waals surface area contributed by atoms with E-state index in [4.69, 9.17) is 4.74 Å². The standard InChI is InChI=1S/C20H28F3N3O2.ClH/c21-20(22,23)16-6-1-2-8-18(16)28-12-11-26-10-4-5-15(14-26)13-25-19(27)17-7-3-9-24-17;/h1-2,6,8,15,17,24H,3-5,7,9-14H2,(H,25,27);1H. The number of halogens is 4. The molecule has 0 spiro atoms. The van der Waals surface area contributed by atoms with Gasteiger partial charge in [-0.3, -0.25) is 9.69 Å². The number of hydrogen-bond donors (Lipinski definition) is 2. The molecule has 3 rings (SSSR count). The molecule has 2 saturated heterocycles. The molecule has 5 nitrogen and oxygen atoms in total. The summed E-state index contributed by atoms with van der Waals surface area (Å²) in [6.07, 6.45) is -0.431. The van der Waals surface area contributed by atoms with Crippen LogP contribution in [-0.2, 0) is 11.0 Å². The van der Waals surface area contributed by atoms with Gasteiger partial charge in [-0.05, 0) is 56.8 Å². The van der Waals surface area contributed by atoms with E-state index in [1.807, 2.05) is 0 Å². The van der Waals surface area contributed by atoms with Gasteiger partial charge in [-0.2, -0.15) is 13.2 Å². The number of alkyl halides is 3. The quantitative estimate of drug-likeness (QED) is 0.691. The number of hydrogen-bond acceptors (Lipinski definition) is 4. The van der Waals surface area contributed by atoms with Crippen molar-refractivity contribution in [2.75, 3.05) is 39.3 Å². The van der Waals surface area contributed by atoms with E-state index in [-0.39, 0.29) is 36.7 Å². The lowest BCUT2D eigenvalue weighted by Crippen LogP contribution is -2.46. The van der Waals surface area contributed by atoms with Crippen LogP contribution in [0.1, 0.15) is 31.2 Å². The average Bonchev–Trinajstić information content (AvgIpc) is 3.21. The van der Waals surface area contributed by atoms with E-state index in [2.05, 4.69) is 15.5 Å². The second kappa shape index (κ2) is 11.0. The minimum Gasteiger partial charge on any atom is -0.492 e. The summed E-state index contributed by atoms with van der Waals surface area (Å²) in [6.45, 7) is 4.04. The highest BCUT2D eigenvalue weighted by atomic mass is 35.5. The molecule has 0 aromatic heterocycles. The van der Waals surface area contributed by atoms with Crippen molar-refractivity contribution in [3.8, 4) is 5.75 Å². The van der Waals surface area contributed by atoms with Crippen molar-refractivity contribution in [3.05, 3.63) is 29.8 Å². The van der Waals surface area contributed by atoms with E-state index in [0.29, 0.717) is 19.0 Å². The SMILES string of the molecule is Cl.O=C(NCC1CCCN(CCOc2ccccc2C(F)(F)F)C1)C1CCCN1. The summed E-state index contributed by atoms with van der Waals surface area (Å²) >= 11 is 0. The molecule has 2 fully saturated rings. The van der Waals surface area contributed by atoms with E-state index in [1.54, 1.807) is 6.07 Å². The van der Waals surface area contributed by atoms with Crippen LogP contribution < -0.4 is 15.4 Å². The molecule has 9 heteroatoms. The van der Waals surface area contributed by atoms with Crippen molar-refractivity contribution >= 4 is 18.3 Å². The molecule has 2 N–H and O–H groups in total. The Labute approximate surface area is 175 Å². The van der Waals surface area contributed by atoms with Gasteiger partial charge in [-0.1, -0.05) is 12.1 Å². The Balaban J connectivity index is 0.00000300. The van der Waals surface area contributed by atoms with Gasteiger partial charge in [0.15, 0.2) is 0 Å². The fourth-order valence-corrected chi connectivity index (χ4v) is 3.91. The zero-order chi connectivity index (χ0) is 20.0. The van der Waals surface area contributed by atoms with Gasteiger partial charge >= 0.3 is 6.18 Å². The Hall–Kier alpha value is -1.51. The molecular formula is C20H29ClF3N3O2. The summed E-state index contributed by atoms with van der Waals surface area (Å²) in [4.78, 5) is 14.3. The summed E-state index contributed by atoms with van der Waals surface area (Å²) in [5.74, 6) is 0.308. The van der Waals surface area contributed by atoms with Crippen LogP contribution in [0, 0.1) is 5.92 Å². The lowest BCUT2D eigenvalue weighted by atomic mass is 9.98. The van der Waals surface area contributed by atoms with Gasteiger partial charge in [-0.15, -0.1) is 12.4 Å². The number of nitrogens with zero attached hydrogens (tertiary/aromatic N) is 1. The molecule has 2 aliphatic rings. The first-order chi connectivity index (χ1) is 13.4. The van der Waals surface area contributed by atoms with Crippen LogP contribution in [0.25, 0.3) is 0 Å². The maximum absolute atomic E-state index is 13.0. The Morgan fingerprint density at radius 2 is 2.03 bits per heavy atom. The molecule has 0 aliphatic carbocycles. The fraction of sp³-hybridized carbons (Fsp3) is 0.650. The van der Waals surface area contributed by atoms with Crippen LogP contribution >= 0.6 is 12.4 Å². The predicted octanol–water partition coefficient (Wildman–Crippen LogP) is 3.09. The summed E-state index contributed by atoms with van der Waals surface area (Å²) in [6, 6.07) is 5.23. The third-order valence-corrected chi connectivity index (χ3v) is 5.40. The van der Waals surface area contributed by atoms with Crippen LogP contribution in [-0.4, -0.2) is 56.2 Å². The minimum atomic E-state index is -4.42. The zero-order valence-corrected chi connectivity index (χ0v) is 17.2. The van der Waals surface area contributed by atoms with Gasteiger partial charge in [-0.25, -0.2) is 0 Å². The van der Waals surface area contributed by atoms with E-state index in [1.165, 1.54) is 12.1 Å². The van der Waals surface area contributed by atoms with Gasteiger partial charge in [0.1, 0.15) is 12.4 Å². The van der Waals surface area contributed by atoms with Crippen LogP contribution in [0.3, 0.4) is 0 Å². The molecule has 2 atom stereocenters. The van der Waals surface area contributed by atoms with Crippen LogP contribution in [0.4, 0.5) is 13.2 Å². The van der Waals surface area contributed by atoms with Gasteiger partial charge < -0.3 is 15.4 Å². The number of likely N-dealkylation sites (tertiary alicyclic amines) is 1.